The predicted octanol–water partition coefficient (Wildman–Crippen LogP) is 5.40. The lowest BCUT2D eigenvalue weighted by Crippen LogP contribution is -2.27. The third-order valence-electron chi connectivity index (χ3n) is 3.95. The molecule has 1 fully saturated rings. The minimum Gasteiger partial charge on any atom is -0.492 e. The highest BCUT2D eigenvalue weighted by Gasteiger charge is 2.35. The summed E-state index contributed by atoms with van der Waals surface area (Å²) in [5.41, 5.74) is 1.87. The zero-order valence-corrected chi connectivity index (χ0v) is 19.9. The molecule has 1 saturated heterocycles. The van der Waals surface area contributed by atoms with Crippen LogP contribution in [0.1, 0.15) is 23.6 Å². The van der Waals surface area contributed by atoms with E-state index in [2.05, 4.69) is 51.3 Å². The predicted molar refractivity (Wildman–Crippen MR) is 126 cm³/mol. The zero-order chi connectivity index (χ0) is 20.3. The standard InChI is InChI=1S/C20H14I2N2O3S/c1-2-27-18-14(7-15(21)9-16(18)22)8-17-19(25)24(20(26)28-17)11-13-6-4-3-5-12(13)10-23/h3-9H,2,11H2,1H3/b17-8+. The number of nitriles is 1. The first kappa shape index (κ1) is 21.1. The van der Waals surface area contributed by atoms with Crippen LogP contribution in [-0.4, -0.2) is 22.7 Å². The second kappa shape index (κ2) is 9.28. The molecule has 0 saturated carbocycles. The lowest BCUT2D eigenvalue weighted by Gasteiger charge is -2.13. The van der Waals surface area contributed by atoms with E-state index in [-0.39, 0.29) is 17.7 Å². The number of benzene rings is 2. The second-order valence-corrected chi connectivity index (χ2v) is 9.18. The Labute approximate surface area is 194 Å². The van der Waals surface area contributed by atoms with Crippen LogP contribution in [0.25, 0.3) is 6.08 Å². The molecule has 0 unspecified atom stereocenters. The van der Waals surface area contributed by atoms with Gasteiger partial charge in [0.05, 0.1) is 33.3 Å². The molecular weight excluding hydrogens is 602 g/mol. The number of imide groups is 1. The first-order valence-corrected chi connectivity index (χ1v) is 11.3. The number of ether oxygens (including phenoxy) is 1. The fraction of sp³-hybridized carbons (Fsp3) is 0.150. The monoisotopic (exact) mass is 616 g/mol. The van der Waals surface area contributed by atoms with Crippen LogP contribution in [0.3, 0.4) is 0 Å². The summed E-state index contributed by atoms with van der Waals surface area (Å²) in [6.07, 6.45) is 1.70. The number of carbonyl (C=O) groups excluding carboxylic acids is 2. The summed E-state index contributed by atoms with van der Waals surface area (Å²) in [6.45, 7) is 2.48. The van der Waals surface area contributed by atoms with Gasteiger partial charge in [-0.05, 0) is 93.7 Å². The number of carbonyl (C=O) groups is 2. The van der Waals surface area contributed by atoms with Gasteiger partial charge in [-0.1, -0.05) is 18.2 Å². The van der Waals surface area contributed by atoms with Gasteiger partial charge in [0.1, 0.15) is 5.75 Å². The molecule has 8 heteroatoms. The molecule has 0 bridgehead atoms. The van der Waals surface area contributed by atoms with Crippen LogP contribution < -0.4 is 4.74 Å². The Bertz CT molecular complexity index is 1030. The van der Waals surface area contributed by atoms with Crippen LogP contribution in [-0.2, 0) is 11.3 Å². The molecule has 1 aliphatic heterocycles. The molecule has 0 aliphatic carbocycles. The Morgan fingerprint density at radius 3 is 2.71 bits per heavy atom. The van der Waals surface area contributed by atoms with Crippen LogP contribution in [0.15, 0.2) is 41.3 Å². The minimum absolute atomic E-state index is 0.0773. The fourth-order valence-corrected chi connectivity index (χ4v) is 5.57. The third kappa shape index (κ3) is 4.52. The molecule has 0 aromatic heterocycles. The number of nitrogens with zero attached hydrogens (tertiary/aromatic N) is 2. The van der Waals surface area contributed by atoms with E-state index >= 15 is 0 Å². The fourth-order valence-electron chi connectivity index (χ4n) is 2.70. The topological polar surface area (TPSA) is 70.4 Å². The summed E-state index contributed by atoms with van der Waals surface area (Å²) >= 11 is 5.31. The van der Waals surface area contributed by atoms with Gasteiger partial charge in [0.2, 0.25) is 0 Å². The quantitative estimate of drug-likeness (QED) is 0.333. The van der Waals surface area contributed by atoms with Crippen molar-refractivity contribution < 1.29 is 14.3 Å². The highest BCUT2D eigenvalue weighted by atomic mass is 127. The van der Waals surface area contributed by atoms with E-state index in [0.29, 0.717) is 28.4 Å². The van der Waals surface area contributed by atoms with Gasteiger partial charge in [-0.25, -0.2) is 0 Å². The van der Waals surface area contributed by atoms with Gasteiger partial charge in [-0.2, -0.15) is 5.26 Å². The van der Waals surface area contributed by atoms with Crippen molar-refractivity contribution in [1.82, 2.24) is 4.90 Å². The lowest BCUT2D eigenvalue weighted by atomic mass is 10.1. The van der Waals surface area contributed by atoms with E-state index in [9.17, 15) is 14.9 Å². The highest BCUT2D eigenvalue weighted by Crippen LogP contribution is 2.37. The molecule has 0 radical (unpaired) electrons. The maximum Gasteiger partial charge on any atom is 0.293 e. The van der Waals surface area contributed by atoms with Crippen molar-refractivity contribution in [2.45, 2.75) is 13.5 Å². The Morgan fingerprint density at radius 2 is 2.00 bits per heavy atom. The van der Waals surface area contributed by atoms with Crippen LogP contribution >= 0.6 is 56.9 Å². The molecule has 0 atom stereocenters. The third-order valence-corrected chi connectivity index (χ3v) is 6.28. The van der Waals surface area contributed by atoms with Gasteiger partial charge in [-0.15, -0.1) is 0 Å². The average molecular weight is 616 g/mol. The summed E-state index contributed by atoms with van der Waals surface area (Å²) in [4.78, 5) is 26.8. The van der Waals surface area contributed by atoms with Crippen LogP contribution in [0, 0.1) is 18.5 Å². The summed E-state index contributed by atoms with van der Waals surface area (Å²) < 4.78 is 7.69. The molecule has 1 heterocycles. The van der Waals surface area contributed by atoms with Crippen molar-refractivity contribution >= 4 is 74.2 Å². The second-order valence-electron chi connectivity index (χ2n) is 5.78. The molecule has 5 nitrogen and oxygen atoms in total. The molecule has 2 amide bonds. The number of hydrogen-bond donors (Lipinski definition) is 0. The molecule has 0 spiro atoms. The van der Waals surface area contributed by atoms with E-state index in [1.807, 2.05) is 19.1 Å². The van der Waals surface area contributed by atoms with Gasteiger partial charge in [-0.3, -0.25) is 14.5 Å². The molecule has 2 aromatic carbocycles. The highest BCUT2D eigenvalue weighted by molar-refractivity contribution is 14.1. The number of halogens is 2. The van der Waals surface area contributed by atoms with E-state index in [0.717, 1.165) is 24.5 Å². The molecule has 2 aromatic rings. The maximum absolute atomic E-state index is 12.9. The molecule has 28 heavy (non-hydrogen) atoms. The molecule has 3 rings (SSSR count). The number of amides is 2. The Morgan fingerprint density at radius 1 is 1.25 bits per heavy atom. The first-order valence-electron chi connectivity index (χ1n) is 8.29. The van der Waals surface area contributed by atoms with E-state index in [1.54, 1.807) is 30.3 Å². The first-order chi connectivity index (χ1) is 13.4. The molecular formula is C20H14I2N2O3S. The molecule has 0 N–H and O–H groups in total. The smallest absolute Gasteiger partial charge is 0.293 e. The number of thioether (sulfide) groups is 1. The largest absolute Gasteiger partial charge is 0.492 e. The Kier molecular flexibility index (Phi) is 7.00. The summed E-state index contributed by atoms with van der Waals surface area (Å²) in [5.74, 6) is 0.337. The molecule has 142 valence electrons. The van der Waals surface area contributed by atoms with Crippen molar-refractivity contribution in [3.8, 4) is 11.8 Å². The van der Waals surface area contributed by atoms with Crippen molar-refractivity contribution in [2.24, 2.45) is 0 Å². The Balaban J connectivity index is 1.93. The SMILES string of the molecule is CCOc1c(I)cc(I)cc1/C=C1/SC(=O)N(Cc2ccccc2C#N)C1=O. The van der Waals surface area contributed by atoms with Gasteiger partial charge in [0.25, 0.3) is 11.1 Å². The number of rotatable bonds is 5. The minimum atomic E-state index is -0.362. The Hall–Kier alpha value is -1.58. The van der Waals surface area contributed by atoms with Gasteiger partial charge >= 0.3 is 0 Å². The van der Waals surface area contributed by atoms with E-state index in [4.69, 9.17) is 4.74 Å². The van der Waals surface area contributed by atoms with Gasteiger partial charge in [0.15, 0.2) is 0 Å². The zero-order valence-electron chi connectivity index (χ0n) is 14.7. The summed E-state index contributed by atoms with van der Waals surface area (Å²) in [7, 11) is 0. The van der Waals surface area contributed by atoms with Crippen molar-refractivity contribution in [3.05, 3.63) is 65.1 Å². The summed E-state index contributed by atoms with van der Waals surface area (Å²) in [5, 5.41) is 8.89. The van der Waals surface area contributed by atoms with Crippen LogP contribution in [0.4, 0.5) is 4.79 Å². The van der Waals surface area contributed by atoms with Crippen LogP contribution in [0.5, 0.6) is 5.75 Å². The number of hydrogen-bond acceptors (Lipinski definition) is 5. The van der Waals surface area contributed by atoms with E-state index < -0.39 is 0 Å². The van der Waals surface area contributed by atoms with Crippen molar-refractivity contribution in [1.29, 1.82) is 5.26 Å². The lowest BCUT2D eigenvalue weighted by molar-refractivity contribution is -0.123. The van der Waals surface area contributed by atoms with Crippen molar-refractivity contribution in [2.75, 3.05) is 6.61 Å². The van der Waals surface area contributed by atoms with Gasteiger partial charge < -0.3 is 4.74 Å². The summed E-state index contributed by atoms with van der Waals surface area (Å²) in [6, 6.07) is 13.0. The molecule has 1 aliphatic rings. The van der Waals surface area contributed by atoms with Crippen LogP contribution in [0.2, 0.25) is 0 Å². The van der Waals surface area contributed by atoms with Crippen molar-refractivity contribution in [3.63, 3.8) is 0 Å². The normalized spacial score (nSPS) is 15.2. The maximum atomic E-state index is 12.9. The average Bonchev–Trinajstić information content (AvgIpc) is 2.92. The van der Waals surface area contributed by atoms with E-state index in [1.165, 1.54) is 4.90 Å². The van der Waals surface area contributed by atoms with Gasteiger partial charge in [0, 0.05) is 9.13 Å².